The number of carbonyl (C=O) groups excluding carboxylic acids is 1. The third-order valence-electron chi connectivity index (χ3n) is 3.13. The van der Waals surface area contributed by atoms with Crippen LogP contribution in [0.15, 0.2) is 16.7 Å². The maximum atomic E-state index is 12.5. The molecule has 0 bridgehead atoms. The Hall–Kier alpha value is -1.61. The molecule has 3 rings (SSSR count). The highest BCUT2D eigenvalue weighted by atomic mass is 32.2. The first-order valence-electron chi connectivity index (χ1n) is 7.00. The Labute approximate surface area is 136 Å². The zero-order chi connectivity index (χ0) is 15.7. The van der Waals surface area contributed by atoms with E-state index in [0.29, 0.717) is 11.7 Å². The second kappa shape index (κ2) is 6.25. The molecule has 1 atom stereocenters. The molecule has 9 heteroatoms. The van der Waals surface area contributed by atoms with Crippen LogP contribution in [0.2, 0.25) is 0 Å². The molecule has 0 aromatic carbocycles. The fraction of sp³-hybridized carbons (Fsp3) is 0.538. The Bertz CT molecular complexity index is 669. The van der Waals surface area contributed by atoms with Crippen LogP contribution in [0.1, 0.15) is 20.3 Å². The molecule has 0 aliphatic carbocycles. The SMILES string of the molecule is CC(C)Oc1nnc(S[C@H]2CCN(c3cnn(C)c3)C2=O)s1. The molecule has 0 N–H and O–H groups in total. The average Bonchev–Trinajstić information content (AvgIpc) is 3.13. The van der Waals surface area contributed by atoms with E-state index in [9.17, 15) is 4.79 Å². The first-order valence-corrected chi connectivity index (χ1v) is 8.69. The van der Waals surface area contributed by atoms with Crippen molar-refractivity contribution in [1.82, 2.24) is 20.0 Å². The van der Waals surface area contributed by atoms with Gasteiger partial charge in [-0.15, -0.1) is 5.10 Å². The highest BCUT2D eigenvalue weighted by Crippen LogP contribution is 2.36. The summed E-state index contributed by atoms with van der Waals surface area (Å²) < 4.78 is 7.97. The van der Waals surface area contributed by atoms with Crippen molar-refractivity contribution in [2.75, 3.05) is 11.4 Å². The minimum Gasteiger partial charge on any atom is -0.466 e. The van der Waals surface area contributed by atoms with Crippen molar-refractivity contribution in [1.29, 1.82) is 0 Å². The summed E-state index contributed by atoms with van der Waals surface area (Å²) in [6, 6.07) is 0. The summed E-state index contributed by atoms with van der Waals surface area (Å²) in [4.78, 5) is 14.3. The fourth-order valence-corrected chi connectivity index (χ4v) is 4.27. The van der Waals surface area contributed by atoms with Crippen molar-refractivity contribution < 1.29 is 9.53 Å². The maximum absolute atomic E-state index is 12.5. The molecule has 1 saturated heterocycles. The highest BCUT2D eigenvalue weighted by Gasteiger charge is 2.34. The van der Waals surface area contributed by atoms with Crippen LogP contribution in [-0.2, 0) is 11.8 Å². The summed E-state index contributed by atoms with van der Waals surface area (Å²) in [6.45, 7) is 4.59. The molecule has 1 amide bonds. The number of aromatic nitrogens is 4. The van der Waals surface area contributed by atoms with Gasteiger partial charge in [0.2, 0.25) is 5.91 Å². The summed E-state index contributed by atoms with van der Waals surface area (Å²) >= 11 is 2.84. The van der Waals surface area contributed by atoms with E-state index in [0.717, 1.165) is 16.4 Å². The van der Waals surface area contributed by atoms with Gasteiger partial charge in [0.05, 0.1) is 23.2 Å². The van der Waals surface area contributed by atoms with Crippen molar-refractivity contribution in [3.05, 3.63) is 12.4 Å². The van der Waals surface area contributed by atoms with Crippen LogP contribution in [-0.4, -0.2) is 43.8 Å². The van der Waals surface area contributed by atoms with Crippen molar-refractivity contribution in [2.45, 2.75) is 36.0 Å². The molecule has 22 heavy (non-hydrogen) atoms. The van der Waals surface area contributed by atoms with Gasteiger partial charge in [0, 0.05) is 19.8 Å². The smallest absolute Gasteiger partial charge is 0.295 e. The van der Waals surface area contributed by atoms with E-state index < -0.39 is 0 Å². The number of nitrogens with zero attached hydrogens (tertiary/aromatic N) is 5. The van der Waals surface area contributed by atoms with E-state index in [-0.39, 0.29) is 17.3 Å². The number of thioether (sulfide) groups is 1. The molecule has 118 valence electrons. The zero-order valence-corrected chi connectivity index (χ0v) is 14.2. The summed E-state index contributed by atoms with van der Waals surface area (Å²) in [5.41, 5.74) is 0.844. The van der Waals surface area contributed by atoms with E-state index in [1.807, 2.05) is 27.1 Å². The molecule has 1 aliphatic heterocycles. The van der Waals surface area contributed by atoms with Gasteiger partial charge in [-0.25, -0.2) is 0 Å². The third-order valence-corrected chi connectivity index (χ3v) is 5.28. The quantitative estimate of drug-likeness (QED) is 0.829. The molecule has 2 aromatic heterocycles. The lowest BCUT2D eigenvalue weighted by Gasteiger charge is -2.13. The first-order chi connectivity index (χ1) is 10.5. The molecule has 7 nitrogen and oxygen atoms in total. The molecule has 0 saturated carbocycles. The van der Waals surface area contributed by atoms with Crippen molar-refractivity contribution in [3.8, 4) is 5.19 Å². The van der Waals surface area contributed by atoms with E-state index in [2.05, 4.69) is 15.3 Å². The van der Waals surface area contributed by atoms with Gasteiger partial charge < -0.3 is 9.64 Å². The summed E-state index contributed by atoms with van der Waals surface area (Å²) in [5.74, 6) is 0.0968. The Kier molecular flexibility index (Phi) is 4.34. The molecule has 0 spiro atoms. The standard InChI is InChI=1S/C13H17N5O2S2/c1-8(2)20-12-15-16-13(22-12)21-10-4-5-18(11(10)19)9-6-14-17(3)7-9/h6-8,10H,4-5H2,1-3H3/t10-/m0/s1. The van der Waals surface area contributed by atoms with Gasteiger partial charge in [-0.1, -0.05) is 16.9 Å². The van der Waals surface area contributed by atoms with E-state index >= 15 is 0 Å². The van der Waals surface area contributed by atoms with E-state index in [1.165, 1.54) is 23.1 Å². The van der Waals surface area contributed by atoms with Gasteiger partial charge in [-0.05, 0) is 31.6 Å². The summed E-state index contributed by atoms with van der Waals surface area (Å²) in [5, 5.41) is 12.6. The van der Waals surface area contributed by atoms with Gasteiger partial charge in [-0.3, -0.25) is 9.48 Å². The first kappa shape index (κ1) is 15.3. The lowest BCUT2D eigenvalue weighted by molar-refractivity contribution is -0.116. The Balaban J connectivity index is 1.64. The lowest BCUT2D eigenvalue weighted by atomic mass is 10.4. The van der Waals surface area contributed by atoms with Gasteiger partial charge in [-0.2, -0.15) is 5.10 Å². The minimum absolute atomic E-state index is 0.0694. The van der Waals surface area contributed by atoms with Crippen LogP contribution < -0.4 is 9.64 Å². The van der Waals surface area contributed by atoms with Crippen LogP contribution in [0.25, 0.3) is 0 Å². The third kappa shape index (κ3) is 3.25. The second-order valence-corrected chi connectivity index (χ2v) is 7.65. The summed E-state index contributed by atoms with van der Waals surface area (Å²) in [7, 11) is 1.84. The number of carbonyl (C=O) groups is 1. The molecule has 1 aliphatic rings. The molecule has 1 fully saturated rings. The molecule has 2 aromatic rings. The molecule has 3 heterocycles. The largest absolute Gasteiger partial charge is 0.466 e. The predicted molar refractivity (Wildman–Crippen MR) is 85.5 cm³/mol. The molecular weight excluding hydrogens is 322 g/mol. The van der Waals surface area contributed by atoms with Gasteiger partial charge in [0.25, 0.3) is 5.19 Å². The van der Waals surface area contributed by atoms with Crippen LogP contribution in [0.4, 0.5) is 5.69 Å². The minimum atomic E-state index is -0.125. The normalized spacial score (nSPS) is 18.5. The molecule has 0 unspecified atom stereocenters. The van der Waals surface area contributed by atoms with Crippen LogP contribution in [0.5, 0.6) is 5.19 Å². The number of amides is 1. The zero-order valence-electron chi connectivity index (χ0n) is 12.6. The number of rotatable bonds is 5. The molecular formula is C13H17N5O2S2. The van der Waals surface area contributed by atoms with Crippen LogP contribution >= 0.6 is 23.1 Å². The lowest BCUT2D eigenvalue weighted by Crippen LogP contribution is -2.27. The van der Waals surface area contributed by atoms with E-state index in [1.54, 1.807) is 15.8 Å². The fourth-order valence-electron chi connectivity index (χ4n) is 2.18. The number of anilines is 1. The van der Waals surface area contributed by atoms with E-state index in [4.69, 9.17) is 4.74 Å². The summed E-state index contributed by atoms with van der Waals surface area (Å²) in [6.07, 6.45) is 4.42. The average molecular weight is 339 g/mol. The molecule has 0 radical (unpaired) electrons. The monoisotopic (exact) mass is 339 g/mol. The predicted octanol–water partition coefficient (Wildman–Crippen LogP) is 1.96. The van der Waals surface area contributed by atoms with Crippen LogP contribution in [0.3, 0.4) is 0 Å². The highest BCUT2D eigenvalue weighted by molar-refractivity contribution is 8.02. The van der Waals surface area contributed by atoms with Crippen LogP contribution in [0, 0.1) is 0 Å². The Morgan fingerprint density at radius 3 is 2.95 bits per heavy atom. The second-order valence-electron chi connectivity index (χ2n) is 5.26. The topological polar surface area (TPSA) is 73.1 Å². The number of hydrogen-bond donors (Lipinski definition) is 0. The Morgan fingerprint density at radius 2 is 2.27 bits per heavy atom. The van der Waals surface area contributed by atoms with Crippen molar-refractivity contribution >= 4 is 34.7 Å². The Morgan fingerprint density at radius 1 is 1.45 bits per heavy atom. The van der Waals surface area contributed by atoms with Crippen molar-refractivity contribution in [2.24, 2.45) is 7.05 Å². The number of aryl methyl sites for hydroxylation is 1. The van der Waals surface area contributed by atoms with Gasteiger partial charge >= 0.3 is 0 Å². The number of ether oxygens (including phenoxy) is 1. The maximum Gasteiger partial charge on any atom is 0.295 e. The van der Waals surface area contributed by atoms with Gasteiger partial charge in [0.1, 0.15) is 0 Å². The number of hydrogen-bond acceptors (Lipinski definition) is 7. The van der Waals surface area contributed by atoms with Crippen molar-refractivity contribution in [3.63, 3.8) is 0 Å². The van der Waals surface area contributed by atoms with Gasteiger partial charge in [0.15, 0.2) is 4.34 Å².